The minimum absolute atomic E-state index is 0.0612. The number of benzene rings is 1. The Morgan fingerprint density at radius 2 is 1.74 bits per heavy atom. The summed E-state index contributed by atoms with van der Waals surface area (Å²) in [7, 11) is 0. The van der Waals surface area contributed by atoms with Crippen LogP contribution in [0.2, 0.25) is 0 Å². The summed E-state index contributed by atoms with van der Waals surface area (Å²) in [4.78, 5) is 30.4. The average Bonchev–Trinajstić information content (AvgIpc) is 3.29. The molecule has 1 saturated carbocycles. The van der Waals surface area contributed by atoms with E-state index < -0.39 is 0 Å². The van der Waals surface area contributed by atoms with Gasteiger partial charge in [0.2, 0.25) is 5.91 Å². The Hall–Kier alpha value is -2.90. The van der Waals surface area contributed by atoms with E-state index >= 15 is 0 Å². The summed E-state index contributed by atoms with van der Waals surface area (Å²) >= 11 is 0. The van der Waals surface area contributed by atoms with Gasteiger partial charge in [-0.25, -0.2) is 9.78 Å². The molecule has 1 aromatic carbocycles. The van der Waals surface area contributed by atoms with Crippen LogP contribution in [0.5, 0.6) is 0 Å². The van der Waals surface area contributed by atoms with E-state index in [1.807, 2.05) is 29.2 Å². The molecule has 1 aromatic heterocycles. The standard InChI is InChI=1S/C23H32N6O2/c24-20(30)13-16-8-10-17(11-9-16)14-25-23(31)29-12-4-7-19(15-29)22-26-21(27-28-22)18-5-2-1-3-6-18/h8-11,18-19H,1-7,12-15H2,(H2,24,30)(H,25,31)(H,26,27,28). The van der Waals surface area contributed by atoms with Gasteiger partial charge in [0.1, 0.15) is 5.82 Å². The van der Waals surface area contributed by atoms with Crippen LogP contribution in [0.1, 0.15) is 79.6 Å². The van der Waals surface area contributed by atoms with Crippen molar-refractivity contribution in [1.29, 1.82) is 0 Å². The molecule has 1 atom stereocenters. The smallest absolute Gasteiger partial charge is 0.317 e. The van der Waals surface area contributed by atoms with Crippen molar-refractivity contribution < 1.29 is 9.59 Å². The van der Waals surface area contributed by atoms with Crippen molar-refractivity contribution in [2.24, 2.45) is 5.73 Å². The van der Waals surface area contributed by atoms with Crippen LogP contribution in [0.15, 0.2) is 24.3 Å². The van der Waals surface area contributed by atoms with Gasteiger partial charge >= 0.3 is 6.03 Å². The maximum atomic E-state index is 12.7. The Balaban J connectivity index is 1.29. The third-order valence-corrected chi connectivity index (χ3v) is 6.43. The molecule has 8 nitrogen and oxygen atoms in total. The number of hydrogen-bond donors (Lipinski definition) is 3. The summed E-state index contributed by atoms with van der Waals surface area (Å²) in [6, 6.07) is 7.51. The predicted molar refractivity (Wildman–Crippen MR) is 117 cm³/mol. The van der Waals surface area contributed by atoms with E-state index in [1.54, 1.807) is 0 Å². The average molecular weight is 425 g/mol. The molecule has 2 aromatic rings. The van der Waals surface area contributed by atoms with Gasteiger partial charge in [0.15, 0.2) is 5.82 Å². The molecular weight excluding hydrogens is 392 g/mol. The van der Waals surface area contributed by atoms with Crippen LogP contribution in [0.4, 0.5) is 4.79 Å². The van der Waals surface area contributed by atoms with Crippen molar-refractivity contribution >= 4 is 11.9 Å². The molecule has 1 aliphatic heterocycles. The Morgan fingerprint density at radius 3 is 2.48 bits per heavy atom. The van der Waals surface area contributed by atoms with Crippen molar-refractivity contribution in [2.75, 3.05) is 13.1 Å². The number of amides is 3. The zero-order valence-corrected chi connectivity index (χ0v) is 18.0. The van der Waals surface area contributed by atoms with E-state index in [2.05, 4.69) is 15.5 Å². The largest absolute Gasteiger partial charge is 0.369 e. The number of nitrogens with one attached hydrogen (secondary N) is 2. The molecule has 2 fully saturated rings. The highest BCUT2D eigenvalue weighted by atomic mass is 16.2. The Bertz CT molecular complexity index is 888. The Kier molecular flexibility index (Phi) is 6.84. The molecule has 1 saturated heterocycles. The van der Waals surface area contributed by atoms with E-state index in [-0.39, 0.29) is 24.3 Å². The first-order valence-corrected chi connectivity index (χ1v) is 11.4. The highest BCUT2D eigenvalue weighted by Crippen LogP contribution is 2.32. The molecule has 8 heteroatoms. The second-order valence-electron chi connectivity index (χ2n) is 8.82. The lowest BCUT2D eigenvalue weighted by molar-refractivity contribution is -0.117. The van der Waals surface area contributed by atoms with Gasteiger partial charge in [0.05, 0.1) is 6.42 Å². The number of H-pyrrole nitrogens is 1. The second kappa shape index (κ2) is 9.94. The van der Waals surface area contributed by atoms with Gasteiger partial charge in [-0.05, 0) is 36.8 Å². The fraction of sp³-hybridized carbons (Fsp3) is 0.565. The summed E-state index contributed by atoms with van der Waals surface area (Å²) in [6.07, 6.45) is 8.43. The fourth-order valence-corrected chi connectivity index (χ4v) is 4.67. The molecule has 4 rings (SSSR count). The van der Waals surface area contributed by atoms with Crippen molar-refractivity contribution in [3.63, 3.8) is 0 Å². The quantitative estimate of drug-likeness (QED) is 0.661. The van der Waals surface area contributed by atoms with E-state index in [0.717, 1.165) is 42.2 Å². The van der Waals surface area contributed by atoms with Crippen LogP contribution < -0.4 is 11.1 Å². The lowest BCUT2D eigenvalue weighted by Crippen LogP contribution is -2.44. The normalized spacial score (nSPS) is 19.9. The van der Waals surface area contributed by atoms with Crippen LogP contribution >= 0.6 is 0 Å². The van der Waals surface area contributed by atoms with Gasteiger partial charge in [-0.1, -0.05) is 43.5 Å². The highest BCUT2D eigenvalue weighted by molar-refractivity contribution is 5.76. The monoisotopic (exact) mass is 424 g/mol. The number of carbonyl (C=O) groups is 2. The van der Waals surface area contributed by atoms with Gasteiger partial charge in [-0.2, -0.15) is 5.10 Å². The highest BCUT2D eigenvalue weighted by Gasteiger charge is 2.28. The number of urea groups is 1. The summed E-state index contributed by atoms with van der Waals surface area (Å²) in [5.41, 5.74) is 7.09. The van der Waals surface area contributed by atoms with E-state index in [1.165, 1.54) is 32.1 Å². The van der Waals surface area contributed by atoms with Crippen LogP contribution in [0.25, 0.3) is 0 Å². The Morgan fingerprint density at radius 1 is 1.03 bits per heavy atom. The predicted octanol–water partition coefficient (Wildman–Crippen LogP) is 2.97. The number of rotatable bonds is 6. The first-order chi connectivity index (χ1) is 15.1. The molecule has 1 aliphatic carbocycles. The van der Waals surface area contributed by atoms with E-state index in [9.17, 15) is 9.59 Å². The first-order valence-electron chi connectivity index (χ1n) is 11.4. The summed E-state index contributed by atoms with van der Waals surface area (Å²) in [6.45, 7) is 1.84. The van der Waals surface area contributed by atoms with Crippen molar-refractivity contribution in [3.8, 4) is 0 Å². The summed E-state index contributed by atoms with van der Waals surface area (Å²) in [5, 5.41) is 10.7. The van der Waals surface area contributed by atoms with Crippen molar-refractivity contribution in [1.82, 2.24) is 25.4 Å². The van der Waals surface area contributed by atoms with Gasteiger partial charge in [0, 0.05) is 31.5 Å². The maximum absolute atomic E-state index is 12.7. The zero-order chi connectivity index (χ0) is 21.6. The number of nitrogens with two attached hydrogens (primary N) is 1. The second-order valence-corrected chi connectivity index (χ2v) is 8.82. The fourth-order valence-electron chi connectivity index (χ4n) is 4.67. The topological polar surface area (TPSA) is 117 Å². The number of piperidine rings is 1. The van der Waals surface area contributed by atoms with Crippen LogP contribution in [0, 0.1) is 0 Å². The summed E-state index contributed by atoms with van der Waals surface area (Å²) < 4.78 is 0. The molecule has 1 unspecified atom stereocenters. The zero-order valence-electron chi connectivity index (χ0n) is 18.0. The van der Waals surface area contributed by atoms with Crippen LogP contribution in [-0.2, 0) is 17.8 Å². The molecule has 0 bridgehead atoms. The van der Waals surface area contributed by atoms with Gasteiger partial charge in [0.25, 0.3) is 0 Å². The molecule has 2 heterocycles. The number of aromatic amines is 1. The Labute approximate surface area is 183 Å². The van der Waals surface area contributed by atoms with Gasteiger partial charge in [-0.3, -0.25) is 9.89 Å². The third-order valence-electron chi connectivity index (χ3n) is 6.43. The number of primary amides is 1. The lowest BCUT2D eigenvalue weighted by atomic mass is 9.89. The maximum Gasteiger partial charge on any atom is 0.317 e. The number of hydrogen-bond acceptors (Lipinski definition) is 4. The minimum atomic E-state index is -0.349. The molecule has 166 valence electrons. The summed E-state index contributed by atoms with van der Waals surface area (Å²) in [5.74, 6) is 2.21. The third kappa shape index (κ3) is 5.62. The van der Waals surface area contributed by atoms with Crippen LogP contribution in [0.3, 0.4) is 0 Å². The molecule has 3 amide bonds. The number of carbonyl (C=O) groups excluding carboxylic acids is 2. The lowest BCUT2D eigenvalue weighted by Gasteiger charge is -2.31. The minimum Gasteiger partial charge on any atom is -0.369 e. The van der Waals surface area contributed by atoms with Crippen LogP contribution in [-0.4, -0.2) is 45.1 Å². The van der Waals surface area contributed by atoms with Crippen molar-refractivity contribution in [2.45, 2.75) is 69.7 Å². The number of aromatic nitrogens is 3. The molecule has 0 spiro atoms. The molecule has 4 N–H and O–H groups in total. The molecule has 0 radical (unpaired) electrons. The first kappa shape index (κ1) is 21.3. The van der Waals surface area contributed by atoms with Gasteiger partial charge < -0.3 is 16.0 Å². The number of nitrogens with zero attached hydrogens (tertiary/aromatic N) is 3. The number of likely N-dealkylation sites (tertiary alicyclic amines) is 1. The molecule has 2 aliphatic rings. The van der Waals surface area contributed by atoms with E-state index in [0.29, 0.717) is 19.0 Å². The molecular formula is C23H32N6O2. The van der Waals surface area contributed by atoms with Crippen molar-refractivity contribution in [3.05, 3.63) is 47.0 Å². The molecule has 31 heavy (non-hydrogen) atoms. The van der Waals surface area contributed by atoms with E-state index in [4.69, 9.17) is 10.7 Å². The van der Waals surface area contributed by atoms with Gasteiger partial charge in [-0.15, -0.1) is 0 Å². The SMILES string of the molecule is NC(=O)Cc1ccc(CNC(=O)N2CCCC(c3n[nH]c(C4CCCCC4)n3)C2)cc1.